The van der Waals surface area contributed by atoms with E-state index in [-0.39, 0.29) is 34.8 Å². The van der Waals surface area contributed by atoms with Crippen LogP contribution in [0.25, 0.3) is 0 Å². The zero-order valence-electron chi connectivity index (χ0n) is 16.1. The molecule has 2 aromatic rings. The van der Waals surface area contributed by atoms with Crippen molar-refractivity contribution in [2.24, 2.45) is 0 Å². The number of nitro benzene ring substituents is 1. The number of nitrogens with zero attached hydrogens (tertiary/aromatic N) is 3. The second kappa shape index (κ2) is 10.1. The summed E-state index contributed by atoms with van der Waals surface area (Å²) in [6.07, 6.45) is 0. The predicted molar refractivity (Wildman–Crippen MR) is 114 cm³/mol. The fourth-order valence-electron chi connectivity index (χ4n) is 3.05. The quantitative estimate of drug-likeness (QED) is 0.534. The van der Waals surface area contributed by atoms with Gasteiger partial charge in [0.15, 0.2) is 0 Å². The van der Waals surface area contributed by atoms with Gasteiger partial charge in [-0.25, -0.2) is 4.39 Å². The fraction of sp³-hybridized carbons (Fsp3) is 0.300. The molecule has 0 saturated carbocycles. The number of amides is 2. The van der Waals surface area contributed by atoms with Crippen LogP contribution in [0.2, 0.25) is 0 Å². The van der Waals surface area contributed by atoms with Crippen molar-refractivity contribution in [2.45, 2.75) is 0 Å². The van der Waals surface area contributed by atoms with Gasteiger partial charge in [-0.1, -0.05) is 0 Å². The molecule has 1 aliphatic rings. The number of piperazine rings is 1. The van der Waals surface area contributed by atoms with Gasteiger partial charge in [0.05, 0.1) is 16.4 Å². The third-order valence-electron chi connectivity index (χ3n) is 4.64. The summed E-state index contributed by atoms with van der Waals surface area (Å²) in [5, 5.41) is 13.4. The molecular weight excluding hydrogens is 411 g/mol. The van der Waals surface area contributed by atoms with E-state index < -0.39 is 4.92 Å². The fourth-order valence-corrected chi connectivity index (χ4v) is 3.77. The van der Waals surface area contributed by atoms with Crippen molar-refractivity contribution in [1.29, 1.82) is 0 Å². The lowest BCUT2D eigenvalue weighted by Crippen LogP contribution is -2.49. The summed E-state index contributed by atoms with van der Waals surface area (Å²) in [5.41, 5.74) is 1.45. The molecule has 158 valence electrons. The number of non-ortho nitro benzene ring substituents is 1. The molecule has 1 heterocycles. The van der Waals surface area contributed by atoms with E-state index in [1.54, 1.807) is 17.0 Å². The number of hydrogen-bond acceptors (Lipinski definition) is 6. The largest absolute Gasteiger partial charge is 0.368 e. The van der Waals surface area contributed by atoms with Crippen molar-refractivity contribution in [3.05, 3.63) is 64.5 Å². The number of anilines is 2. The third-order valence-corrected chi connectivity index (χ3v) is 5.56. The van der Waals surface area contributed by atoms with Crippen LogP contribution in [0.15, 0.2) is 48.5 Å². The smallest absolute Gasteiger partial charge is 0.269 e. The Morgan fingerprint density at radius 3 is 2.23 bits per heavy atom. The van der Waals surface area contributed by atoms with Gasteiger partial charge in [-0.05, 0) is 36.4 Å². The number of nitro groups is 1. The molecular formula is C20H21FN4O4S. The summed E-state index contributed by atoms with van der Waals surface area (Å²) in [6.45, 7) is 2.38. The molecule has 1 fully saturated rings. The van der Waals surface area contributed by atoms with E-state index in [9.17, 15) is 24.1 Å². The van der Waals surface area contributed by atoms with E-state index in [2.05, 4.69) is 10.2 Å². The third kappa shape index (κ3) is 5.93. The minimum atomic E-state index is -0.433. The summed E-state index contributed by atoms with van der Waals surface area (Å²) in [4.78, 5) is 38.4. The van der Waals surface area contributed by atoms with Crippen LogP contribution in [-0.2, 0) is 9.59 Å². The van der Waals surface area contributed by atoms with Gasteiger partial charge in [0.2, 0.25) is 11.8 Å². The first-order chi connectivity index (χ1) is 14.4. The Kier molecular flexibility index (Phi) is 7.23. The molecule has 1 N–H and O–H groups in total. The number of hydrogen-bond donors (Lipinski definition) is 1. The molecule has 30 heavy (non-hydrogen) atoms. The Morgan fingerprint density at radius 2 is 1.63 bits per heavy atom. The molecule has 3 rings (SSSR count). The second-order valence-corrected chi connectivity index (χ2v) is 7.67. The summed E-state index contributed by atoms with van der Waals surface area (Å²) in [5.74, 6) is -0.317. The molecule has 0 radical (unpaired) electrons. The zero-order valence-corrected chi connectivity index (χ0v) is 16.9. The van der Waals surface area contributed by atoms with Crippen molar-refractivity contribution in [2.75, 3.05) is 47.9 Å². The van der Waals surface area contributed by atoms with Gasteiger partial charge in [0.1, 0.15) is 5.82 Å². The molecule has 0 spiro atoms. The van der Waals surface area contributed by atoms with Gasteiger partial charge in [-0.3, -0.25) is 19.7 Å². The maximum Gasteiger partial charge on any atom is 0.269 e. The monoisotopic (exact) mass is 432 g/mol. The van der Waals surface area contributed by atoms with Gasteiger partial charge in [0, 0.05) is 49.7 Å². The molecule has 8 nitrogen and oxygen atoms in total. The van der Waals surface area contributed by atoms with Crippen LogP contribution in [-0.4, -0.2) is 59.3 Å². The Labute approximate surface area is 177 Å². The van der Waals surface area contributed by atoms with Crippen LogP contribution in [0.5, 0.6) is 0 Å². The number of rotatable bonds is 7. The minimum absolute atomic E-state index is 0.0297. The first-order valence-electron chi connectivity index (χ1n) is 9.33. The van der Waals surface area contributed by atoms with Crippen LogP contribution in [0.4, 0.5) is 21.5 Å². The zero-order chi connectivity index (χ0) is 21.5. The van der Waals surface area contributed by atoms with Gasteiger partial charge >= 0.3 is 0 Å². The first kappa shape index (κ1) is 21.6. The number of halogens is 1. The Bertz CT molecular complexity index is 900. The number of carbonyl (C=O) groups is 2. The molecule has 2 amide bonds. The van der Waals surface area contributed by atoms with Crippen LogP contribution in [0, 0.1) is 15.9 Å². The van der Waals surface area contributed by atoms with E-state index in [1.807, 2.05) is 0 Å². The number of nitrogens with one attached hydrogen (secondary N) is 1. The summed E-state index contributed by atoms with van der Waals surface area (Å²) < 4.78 is 12.9. The van der Waals surface area contributed by atoms with Crippen molar-refractivity contribution in [1.82, 2.24) is 4.90 Å². The predicted octanol–water partition coefficient (Wildman–Crippen LogP) is 2.75. The Morgan fingerprint density at radius 1 is 1.00 bits per heavy atom. The average molecular weight is 432 g/mol. The highest BCUT2D eigenvalue weighted by molar-refractivity contribution is 8.00. The maximum atomic E-state index is 12.9. The van der Waals surface area contributed by atoms with Crippen LogP contribution in [0.1, 0.15) is 0 Å². The van der Waals surface area contributed by atoms with E-state index >= 15 is 0 Å². The SMILES string of the molecule is O=C(CSCC(=O)N1CCN(c2ccc([N+](=O)[O-])cc2)CC1)Nc1ccc(F)cc1. The Hall–Kier alpha value is -3.14. The van der Waals surface area contributed by atoms with E-state index in [1.165, 1.54) is 48.2 Å². The molecule has 0 unspecified atom stereocenters. The maximum absolute atomic E-state index is 12.9. The Balaban J connectivity index is 1.38. The molecule has 0 atom stereocenters. The molecule has 1 saturated heterocycles. The molecule has 1 aliphatic heterocycles. The van der Waals surface area contributed by atoms with E-state index in [0.717, 1.165) is 5.69 Å². The highest BCUT2D eigenvalue weighted by atomic mass is 32.2. The van der Waals surface area contributed by atoms with Crippen LogP contribution in [0.3, 0.4) is 0 Å². The minimum Gasteiger partial charge on any atom is -0.368 e. The lowest BCUT2D eigenvalue weighted by Gasteiger charge is -2.36. The number of benzene rings is 2. The number of thioether (sulfide) groups is 1. The highest BCUT2D eigenvalue weighted by Crippen LogP contribution is 2.21. The van der Waals surface area contributed by atoms with Gasteiger partial charge in [-0.15, -0.1) is 11.8 Å². The van der Waals surface area contributed by atoms with Crippen molar-refractivity contribution < 1.29 is 18.9 Å². The summed E-state index contributed by atoms with van der Waals surface area (Å²) in [7, 11) is 0. The lowest BCUT2D eigenvalue weighted by atomic mass is 10.2. The van der Waals surface area contributed by atoms with Crippen molar-refractivity contribution in [3.63, 3.8) is 0 Å². The normalized spacial score (nSPS) is 13.8. The molecule has 0 aromatic heterocycles. The topological polar surface area (TPSA) is 95.8 Å². The number of carbonyl (C=O) groups excluding carboxylic acids is 2. The average Bonchev–Trinajstić information content (AvgIpc) is 2.75. The van der Waals surface area contributed by atoms with Gasteiger partial charge < -0.3 is 15.1 Å². The van der Waals surface area contributed by atoms with Crippen LogP contribution < -0.4 is 10.2 Å². The van der Waals surface area contributed by atoms with Crippen LogP contribution >= 0.6 is 11.8 Å². The van der Waals surface area contributed by atoms with E-state index in [0.29, 0.717) is 31.9 Å². The summed E-state index contributed by atoms with van der Waals surface area (Å²) in [6, 6.07) is 11.9. The van der Waals surface area contributed by atoms with Crippen molar-refractivity contribution in [3.8, 4) is 0 Å². The molecule has 0 bridgehead atoms. The molecule has 10 heteroatoms. The second-order valence-electron chi connectivity index (χ2n) is 6.69. The van der Waals surface area contributed by atoms with E-state index in [4.69, 9.17) is 0 Å². The van der Waals surface area contributed by atoms with Crippen molar-refractivity contribution >= 4 is 40.6 Å². The standard InChI is InChI=1S/C20H21FN4O4S/c21-15-1-3-16(4-2-15)22-19(26)13-30-14-20(27)24-11-9-23(10-12-24)17-5-7-18(8-6-17)25(28)29/h1-8H,9-14H2,(H,22,26). The molecule has 0 aliphatic carbocycles. The van der Waals surface area contributed by atoms with Gasteiger partial charge in [0.25, 0.3) is 5.69 Å². The van der Waals surface area contributed by atoms with Gasteiger partial charge in [-0.2, -0.15) is 0 Å². The first-order valence-corrected chi connectivity index (χ1v) is 10.5. The highest BCUT2D eigenvalue weighted by Gasteiger charge is 2.21. The molecule has 2 aromatic carbocycles. The lowest BCUT2D eigenvalue weighted by molar-refractivity contribution is -0.384. The summed E-state index contributed by atoms with van der Waals surface area (Å²) >= 11 is 1.23.